The molecule has 0 radical (unpaired) electrons. The molecule has 2 aliphatic rings. The predicted octanol–water partition coefficient (Wildman–Crippen LogP) is 1.72. The molecule has 0 bridgehead atoms. The predicted molar refractivity (Wildman–Crippen MR) is 113 cm³/mol. The zero-order valence-corrected chi connectivity index (χ0v) is 17.1. The average molecular weight is 385 g/mol. The highest BCUT2D eigenvalue weighted by molar-refractivity contribution is 5.80. The van der Waals surface area contributed by atoms with E-state index < -0.39 is 0 Å². The first-order valence-electron chi connectivity index (χ1n) is 10.5. The lowest BCUT2D eigenvalue weighted by atomic mass is 10.2. The number of morpholine rings is 1. The Hall–Kier alpha value is -2.12. The lowest BCUT2D eigenvalue weighted by molar-refractivity contribution is 0.0195. The molecule has 152 valence electrons. The van der Waals surface area contributed by atoms with Crippen LogP contribution in [0, 0.1) is 6.92 Å². The number of nitrogens with one attached hydrogen (secondary N) is 1. The van der Waals surface area contributed by atoms with Gasteiger partial charge in [-0.2, -0.15) is 0 Å². The molecular formula is C21H32N6O. The molecule has 1 aromatic heterocycles. The largest absolute Gasteiger partial charge is 0.379 e. The van der Waals surface area contributed by atoms with Crippen LogP contribution in [0.4, 0.5) is 0 Å². The second-order valence-corrected chi connectivity index (χ2v) is 7.57. The fraction of sp³-hybridized carbons (Fsp3) is 0.619. The fourth-order valence-corrected chi connectivity index (χ4v) is 4.33. The van der Waals surface area contributed by atoms with Gasteiger partial charge in [0.1, 0.15) is 5.82 Å². The Morgan fingerprint density at radius 3 is 2.89 bits per heavy atom. The minimum Gasteiger partial charge on any atom is -0.379 e. The van der Waals surface area contributed by atoms with Crippen molar-refractivity contribution in [1.29, 1.82) is 0 Å². The molecule has 3 heterocycles. The zero-order valence-electron chi connectivity index (χ0n) is 17.1. The number of aliphatic imine (C=N–C) groups is 1. The average Bonchev–Trinajstić information content (AvgIpc) is 3.33. The van der Waals surface area contributed by atoms with Gasteiger partial charge in [-0.3, -0.25) is 9.89 Å². The van der Waals surface area contributed by atoms with Crippen molar-refractivity contribution in [3.05, 3.63) is 30.1 Å². The molecule has 1 atom stereocenters. The highest BCUT2D eigenvalue weighted by Crippen LogP contribution is 2.18. The molecule has 1 unspecified atom stereocenters. The number of aryl methyl sites for hydroxylation is 1. The first kappa shape index (κ1) is 19.2. The van der Waals surface area contributed by atoms with Gasteiger partial charge in [0, 0.05) is 45.3 Å². The number of hydrogen-bond acceptors (Lipinski definition) is 4. The summed E-state index contributed by atoms with van der Waals surface area (Å²) < 4.78 is 7.77. The summed E-state index contributed by atoms with van der Waals surface area (Å²) in [6.45, 7) is 12.7. The molecule has 2 aliphatic heterocycles. The Balaban J connectivity index is 1.40. The molecule has 2 saturated heterocycles. The Bertz CT molecular complexity index is 810. The van der Waals surface area contributed by atoms with E-state index in [1.165, 1.54) is 11.9 Å². The van der Waals surface area contributed by atoms with Crippen molar-refractivity contribution in [2.45, 2.75) is 32.9 Å². The van der Waals surface area contributed by atoms with Crippen molar-refractivity contribution in [2.24, 2.45) is 4.99 Å². The molecule has 0 spiro atoms. The van der Waals surface area contributed by atoms with Gasteiger partial charge in [-0.05, 0) is 32.4 Å². The number of guanidine groups is 1. The normalized spacial score (nSPS) is 21.6. The third kappa shape index (κ3) is 4.15. The SMILES string of the molecule is CCNC(=NCCn1c(C)nc2ccccc21)N1CCC(N2CCOCC2)C1. The minimum atomic E-state index is 0.618. The second kappa shape index (κ2) is 8.92. The topological polar surface area (TPSA) is 57.9 Å². The maximum absolute atomic E-state index is 5.50. The van der Waals surface area contributed by atoms with Crippen LogP contribution in [0.5, 0.6) is 0 Å². The van der Waals surface area contributed by atoms with Gasteiger partial charge in [-0.15, -0.1) is 0 Å². The summed E-state index contributed by atoms with van der Waals surface area (Å²) in [6, 6.07) is 8.94. The van der Waals surface area contributed by atoms with E-state index in [4.69, 9.17) is 9.73 Å². The number of hydrogen-bond donors (Lipinski definition) is 1. The van der Waals surface area contributed by atoms with Gasteiger partial charge in [0.15, 0.2) is 5.96 Å². The zero-order chi connectivity index (χ0) is 19.3. The van der Waals surface area contributed by atoms with Crippen LogP contribution >= 0.6 is 0 Å². The lowest BCUT2D eigenvalue weighted by Gasteiger charge is -2.32. The molecule has 0 aliphatic carbocycles. The van der Waals surface area contributed by atoms with Crippen molar-refractivity contribution in [3.8, 4) is 0 Å². The highest BCUT2D eigenvalue weighted by atomic mass is 16.5. The maximum atomic E-state index is 5.50. The van der Waals surface area contributed by atoms with E-state index in [0.717, 1.165) is 76.3 Å². The van der Waals surface area contributed by atoms with Crippen LogP contribution in [0.2, 0.25) is 0 Å². The number of fused-ring (bicyclic) bond motifs is 1. The van der Waals surface area contributed by atoms with Gasteiger partial charge < -0.3 is 19.5 Å². The van der Waals surface area contributed by atoms with Gasteiger partial charge >= 0.3 is 0 Å². The van der Waals surface area contributed by atoms with Crippen molar-refractivity contribution in [3.63, 3.8) is 0 Å². The maximum Gasteiger partial charge on any atom is 0.194 e. The van der Waals surface area contributed by atoms with Crippen LogP contribution in [0.1, 0.15) is 19.2 Å². The molecule has 2 fully saturated rings. The third-order valence-electron chi connectivity index (χ3n) is 5.79. The van der Waals surface area contributed by atoms with Crippen molar-refractivity contribution in [1.82, 2.24) is 24.7 Å². The highest BCUT2D eigenvalue weighted by Gasteiger charge is 2.30. The number of imidazole rings is 1. The van der Waals surface area contributed by atoms with Crippen LogP contribution in [-0.4, -0.2) is 83.8 Å². The number of rotatable bonds is 5. The molecule has 1 aromatic carbocycles. The van der Waals surface area contributed by atoms with Crippen molar-refractivity contribution in [2.75, 3.05) is 52.5 Å². The van der Waals surface area contributed by atoms with Gasteiger partial charge in [0.05, 0.1) is 30.8 Å². The number of likely N-dealkylation sites (tertiary alicyclic amines) is 1. The van der Waals surface area contributed by atoms with Crippen LogP contribution in [0.15, 0.2) is 29.3 Å². The Kier molecular flexibility index (Phi) is 6.12. The van der Waals surface area contributed by atoms with Crippen LogP contribution in [0.25, 0.3) is 11.0 Å². The summed E-state index contributed by atoms with van der Waals surface area (Å²) in [5, 5.41) is 3.49. The van der Waals surface area contributed by atoms with Gasteiger partial charge in [0.2, 0.25) is 0 Å². The van der Waals surface area contributed by atoms with E-state index in [-0.39, 0.29) is 0 Å². The summed E-state index contributed by atoms with van der Waals surface area (Å²) in [5.41, 5.74) is 2.25. The molecule has 28 heavy (non-hydrogen) atoms. The summed E-state index contributed by atoms with van der Waals surface area (Å²) >= 11 is 0. The minimum absolute atomic E-state index is 0.618. The van der Waals surface area contributed by atoms with Crippen LogP contribution in [-0.2, 0) is 11.3 Å². The molecule has 2 aromatic rings. The Morgan fingerprint density at radius 2 is 2.07 bits per heavy atom. The summed E-state index contributed by atoms with van der Waals surface area (Å²) in [5.74, 6) is 2.09. The summed E-state index contributed by atoms with van der Waals surface area (Å²) in [7, 11) is 0. The van der Waals surface area contributed by atoms with E-state index in [9.17, 15) is 0 Å². The van der Waals surface area contributed by atoms with Crippen LogP contribution in [0.3, 0.4) is 0 Å². The molecule has 7 heteroatoms. The summed E-state index contributed by atoms with van der Waals surface area (Å²) in [6.07, 6.45) is 1.20. The monoisotopic (exact) mass is 384 g/mol. The van der Waals surface area contributed by atoms with Gasteiger partial charge in [-0.25, -0.2) is 4.98 Å². The number of para-hydroxylation sites is 2. The third-order valence-corrected chi connectivity index (χ3v) is 5.79. The van der Waals surface area contributed by atoms with Crippen LogP contribution < -0.4 is 5.32 Å². The first-order chi connectivity index (χ1) is 13.8. The Labute approximate surface area is 167 Å². The molecule has 0 saturated carbocycles. The number of ether oxygens (including phenoxy) is 1. The van der Waals surface area contributed by atoms with E-state index >= 15 is 0 Å². The number of benzene rings is 1. The number of nitrogens with zero attached hydrogens (tertiary/aromatic N) is 5. The molecule has 1 N–H and O–H groups in total. The smallest absolute Gasteiger partial charge is 0.194 e. The molecule has 7 nitrogen and oxygen atoms in total. The Morgan fingerprint density at radius 1 is 1.25 bits per heavy atom. The van der Waals surface area contributed by atoms with Gasteiger partial charge in [-0.1, -0.05) is 12.1 Å². The van der Waals surface area contributed by atoms with E-state index in [2.05, 4.69) is 56.7 Å². The van der Waals surface area contributed by atoms with Crippen molar-refractivity contribution >= 4 is 17.0 Å². The fourth-order valence-electron chi connectivity index (χ4n) is 4.33. The molecule has 4 rings (SSSR count). The first-order valence-corrected chi connectivity index (χ1v) is 10.5. The standard InChI is InChI=1S/C21H32N6O/c1-3-22-21(26-10-8-18(16-26)25-12-14-28-15-13-25)23-9-11-27-17(2)24-19-6-4-5-7-20(19)27/h4-7,18H,3,8-16H2,1-2H3,(H,22,23). The van der Waals surface area contributed by atoms with E-state index in [1.807, 2.05) is 6.07 Å². The number of aromatic nitrogens is 2. The summed E-state index contributed by atoms with van der Waals surface area (Å²) in [4.78, 5) is 14.6. The molecular weight excluding hydrogens is 352 g/mol. The van der Waals surface area contributed by atoms with Crippen molar-refractivity contribution < 1.29 is 4.74 Å². The van der Waals surface area contributed by atoms with Gasteiger partial charge in [0.25, 0.3) is 0 Å². The lowest BCUT2D eigenvalue weighted by Crippen LogP contribution is -2.46. The second-order valence-electron chi connectivity index (χ2n) is 7.57. The van der Waals surface area contributed by atoms with E-state index in [1.54, 1.807) is 0 Å². The van der Waals surface area contributed by atoms with E-state index in [0.29, 0.717) is 6.04 Å². The molecule has 0 amide bonds. The quantitative estimate of drug-likeness (QED) is 0.628.